The summed E-state index contributed by atoms with van der Waals surface area (Å²) in [5.41, 5.74) is 1.18. The van der Waals surface area contributed by atoms with Gasteiger partial charge in [0.1, 0.15) is 10.8 Å². The van der Waals surface area contributed by atoms with Crippen molar-refractivity contribution in [3.63, 3.8) is 0 Å². The number of aromatic carboxylic acids is 1. The van der Waals surface area contributed by atoms with Gasteiger partial charge >= 0.3 is 5.97 Å². The number of amides is 2. The maximum atomic E-state index is 13.8. The molecule has 0 saturated heterocycles. The highest BCUT2D eigenvalue weighted by atomic mass is 32.1. The van der Waals surface area contributed by atoms with Crippen molar-refractivity contribution < 1.29 is 28.3 Å². The van der Waals surface area contributed by atoms with Crippen LogP contribution >= 0.6 is 11.3 Å². The van der Waals surface area contributed by atoms with Crippen LogP contribution in [0.25, 0.3) is 0 Å². The molecule has 0 spiro atoms. The topological polar surface area (TPSA) is 99.9 Å². The number of benzene rings is 1. The number of hydrogen-bond acceptors (Lipinski definition) is 5. The van der Waals surface area contributed by atoms with Gasteiger partial charge in [-0.1, -0.05) is 6.07 Å². The number of hydrogen-bond donors (Lipinski definition) is 2. The van der Waals surface area contributed by atoms with E-state index in [1.165, 1.54) is 24.5 Å². The smallest absolute Gasteiger partial charge is 0.339 e. The van der Waals surface area contributed by atoms with Crippen LogP contribution in [0.5, 0.6) is 0 Å². The van der Waals surface area contributed by atoms with E-state index < -0.39 is 17.7 Å². The first-order valence-corrected chi connectivity index (χ1v) is 9.95. The molecule has 1 aliphatic rings. The summed E-state index contributed by atoms with van der Waals surface area (Å²) in [6.07, 6.45) is 1.68. The molecule has 1 aromatic carbocycles. The van der Waals surface area contributed by atoms with E-state index in [1.54, 1.807) is 24.0 Å². The summed E-state index contributed by atoms with van der Waals surface area (Å²) in [4.78, 5) is 39.3. The van der Waals surface area contributed by atoms with Crippen LogP contribution in [-0.4, -0.2) is 34.3 Å². The molecule has 0 aliphatic carbocycles. The van der Waals surface area contributed by atoms with Gasteiger partial charge in [-0.15, -0.1) is 11.3 Å². The van der Waals surface area contributed by atoms with Crippen LogP contribution < -0.4 is 5.32 Å². The van der Waals surface area contributed by atoms with Crippen molar-refractivity contribution in [2.75, 3.05) is 11.9 Å². The molecule has 3 aromatic rings. The number of fused-ring (bicyclic) bond motifs is 1. The third-order valence-corrected chi connectivity index (χ3v) is 6.16. The monoisotopic (exact) mass is 428 g/mol. The van der Waals surface area contributed by atoms with Gasteiger partial charge in [-0.2, -0.15) is 0 Å². The molecule has 2 N–H and O–H groups in total. The van der Waals surface area contributed by atoms with Crippen LogP contribution in [0.2, 0.25) is 0 Å². The fraction of sp³-hybridized carbons (Fsp3) is 0.190. The lowest BCUT2D eigenvalue weighted by atomic mass is 10.0. The third kappa shape index (κ3) is 3.48. The van der Waals surface area contributed by atoms with Crippen molar-refractivity contribution in [1.29, 1.82) is 0 Å². The van der Waals surface area contributed by atoms with Crippen molar-refractivity contribution in [3.8, 4) is 0 Å². The van der Waals surface area contributed by atoms with E-state index >= 15 is 0 Å². The lowest BCUT2D eigenvalue weighted by Crippen LogP contribution is -2.36. The predicted molar refractivity (Wildman–Crippen MR) is 108 cm³/mol. The zero-order valence-corrected chi connectivity index (χ0v) is 16.7. The number of carbonyl (C=O) groups is 3. The lowest BCUT2D eigenvalue weighted by molar-refractivity contribution is 0.0696. The number of furan rings is 1. The summed E-state index contributed by atoms with van der Waals surface area (Å²) >= 11 is 1.12. The average molecular weight is 428 g/mol. The molecule has 0 bridgehead atoms. The molecule has 0 unspecified atom stereocenters. The van der Waals surface area contributed by atoms with E-state index in [0.717, 1.165) is 11.3 Å². The number of rotatable bonds is 4. The number of anilines is 1. The molecule has 30 heavy (non-hydrogen) atoms. The number of halogens is 1. The molecule has 0 radical (unpaired) electrons. The van der Waals surface area contributed by atoms with Gasteiger partial charge in [0.2, 0.25) is 0 Å². The predicted octanol–water partition coefficient (Wildman–Crippen LogP) is 3.94. The van der Waals surface area contributed by atoms with Gasteiger partial charge in [-0.05, 0) is 48.7 Å². The zero-order valence-electron chi connectivity index (χ0n) is 15.9. The number of carboxylic acid groups (broad SMARTS) is 1. The molecular formula is C21H17FN2O5S. The SMILES string of the molecule is Cc1c(F)cccc1C(=O)N1CCc2c(sc(NC(=O)c3ccco3)c2C(=O)O)C1. The van der Waals surface area contributed by atoms with Crippen molar-refractivity contribution in [3.05, 3.63) is 75.3 Å². The Hall–Kier alpha value is -3.46. The lowest BCUT2D eigenvalue weighted by Gasteiger charge is -2.27. The Morgan fingerprint density at radius 3 is 2.73 bits per heavy atom. The maximum Gasteiger partial charge on any atom is 0.339 e. The molecular weight excluding hydrogens is 411 g/mol. The van der Waals surface area contributed by atoms with E-state index in [4.69, 9.17) is 4.42 Å². The molecule has 7 nitrogen and oxygen atoms in total. The number of nitrogens with one attached hydrogen (secondary N) is 1. The summed E-state index contributed by atoms with van der Waals surface area (Å²) in [5, 5.41) is 12.5. The van der Waals surface area contributed by atoms with Gasteiger partial charge in [0.25, 0.3) is 11.8 Å². The highest BCUT2D eigenvalue weighted by Crippen LogP contribution is 2.38. The second-order valence-electron chi connectivity index (χ2n) is 6.83. The van der Waals surface area contributed by atoms with Crippen LogP contribution in [0, 0.1) is 12.7 Å². The Morgan fingerprint density at radius 2 is 2.03 bits per heavy atom. The molecule has 0 atom stereocenters. The van der Waals surface area contributed by atoms with Crippen molar-refractivity contribution in [2.24, 2.45) is 0 Å². The summed E-state index contributed by atoms with van der Waals surface area (Å²) in [7, 11) is 0. The summed E-state index contributed by atoms with van der Waals surface area (Å²) in [6, 6.07) is 7.39. The van der Waals surface area contributed by atoms with E-state index in [0.29, 0.717) is 23.4 Å². The van der Waals surface area contributed by atoms with E-state index in [2.05, 4.69) is 5.32 Å². The Balaban J connectivity index is 1.62. The second-order valence-corrected chi connectivity index (χ2v) is 7.94. The Morgan fingerprint density at radius 1 is 1.23 bits per heavy atom. The minimum Gasteiger partial charge on any atom is -0.478 e. The molecule has 0 saturated carbocycles. The fourth-order valence-electron chi connectivity index (χ4n) is 3.47. The van der Waals surface area contributed by atoms with Gasteiger partial charge in [-0.3, -0.25) is 9.59 Å². The quantitative estimate of drug-likeness (QED) is 0.656. The minimum absolute atomic E-state index is 0.0314. The van der Waals surface area contributed by atoms with E-state index in [1.807, 2.05) is 0 Å². The highest BCUT2D eigenvalue weighted by Gasteiger charge is 2.31. The van der Waals surface area contributed by atoms with Crippen LogP contribution in [0.15, 0.2) is 41.0 Å². The Labute approximate surface area is 174 Å². The van der Waals surface area contributed by atoms with Gasteiger partial charge in [0.15, 0.2) is 5.76 Å². The molecule has 4 rings (SSSR count). The molecule has 154 valence electrons. The first-order valence-electron chi connectivity index (χ1n) is 9.14. The molecule has 0 fully saturated rings. The summed E-state index contributed by atoms with van der Waals surface area (Å²) in [5.74, 6) is -2.40. The van der Waals surface area contributed by atoms with Crippen LogP contribution in [0.1, 0.15) is 47.3 Å². The number of nitrogens with zero attached hydrogens (tertiary/aromatic N) is 1. The van der Waals surface area contributed by atoms with Crippen LogP contribution in [0.4, 0.5) is 9.39 Å². The standard InChI is InChI=1S/C21H17FN2O5S/c1-11-12(4-2-5-14(11)22)20(26)24-8-7-13-16(10-24)30-19(17(13)21(27)28)23-18(25)15-6-3-9-29-15/h2-6,9H,7-8,10H2,1H3,(H,23,25)(H,27,28). The zero-order chi connectivity index (χ0) is 21.4. The van der Waals surface area contributed by atoms with Gasteiger partial charge in [0.05, 0.1) is 18.4 Å². The number of carboxylic acids is 1. The minimum atomic E-state index is -1.15. The van der Waals surface area contributed by atoms with Gasteiger partial charge in [0, 0.05) is 17.0 Å². The maximum absolute atomic E-state index is 13.8. The average Bonchev–Trinajstić information content (AvgIpc) is 3.36. The molecule has 9 heteroatoms. The van der Waals surface area contributed by atoms with Crippen LogP contribution in [-0.2, 0) is 13.0 Å². The Kier molecular flexibility index (Phi) is 5.13. The van der Waals surface area contributed by atoms with Crippen molar-refractivity contribution >= 4 is 34.1 Å². The normalized spacial score (nSPS) is 13.1. The van der Waals surface area contributed by atoms with Crippen LogP contribution in [0.3, 0.4) is 0 Å². The third-order valence-electron chi connectivity index (χ3n) is 5.03. The molecule has 1 aliphatic heterocycles. The second kappa shape index (κ2) is 7.75. The van der Waals surface area contributed by atoms with Gasteiger partial charge in [-0.25, -0.2) is 9.18 Å². The highest BCUT2D eigenvalue weighted by molar-refractivity contribution is 7.17. The first-order chi connectivity index (χ1) is 14.4. The van der Waals surface area contributed by atoms with E-state index in [-0.39, 0.29) is 39.9 Å². The van der Waals surface area contributed by atoms with Crippen molar-refractivity contribution in [1.82, 2.24) is 4.90 Å². The largest absolute Gasteiger partial charge is 0.478 e. The summed E-state index contributed by atoms with van der Waals surface area (Å²) in [6.45, 7) is 2.03. The molecule has 3 heterocycles. The number of thiophene rings is 1. The number of carbonyl (C=O) groups excluding carboxylic acids is 2. The van der Waals surface area contributed by atoms with Gasteiger partial charge < -0.3 is 19.7 Å². The van der Waals surface area contributed by atoms with Crippen molar-refractivity contribution in [2.45, 2.75) is 19.9 Å². The Bertz CT molecular complexity index is 1150. The van der Waals surface area contributed by atoms with E-state index in [9.17, 15) is 23.9 Å². The summed E-state index contributed by atoms with van der Waals surface area (Å²) < 4.78 is 18.9. The first kappa shape index (κ1) is 19.8. The molecule has 2 amide bonds. The fourth-order valence-corrected chi connectivity index (χ4v) is 4.72. The molecule has 2 aromatic heterocycles.